The lowest BCUT2D eigenvalue weighted by atomic mass is 10.2. The second kappa shape index (κ2) is 7.35. The van der Waals surface area contributed by atoms with Gasteiger partial charge < -0.3 is 9.30 Å². The molecule has 4 nitrogen and oxygen atoms in total. The largest absolute Gasteiger partial charge is 0.465 e. The molecule has 3 rings (SSSR count). The third-order valence-corrected chi connectivity index (χ3v) is 4.21. The minimum absolute atomic E-state index is 0.266. The number of aliphatic imine (C=N–C) groups is 1. The Morgan fingerprint density at radius 2 is 1.81 bits per heavy atom. The van der Waals surface area contributed by atoms with Gasteiger partial charge in [-0.2, -0.15) is 0 Å². The number of rotatable bonds is 4. The van der Waals surface area contributed by atoms with Gasteiger partial charge in [0.15, 0.2) is 0 Å². The van der Waals surface area contributed by atoms with Crippen LogP contribution < -0.4 is 0 Å². The lowest BCUT2D eigenvalue weighted by molar-refractivity contribution is 0.0601. The molecule has 2 aromatic carbocycles. The number of nitrogens with zero attached hydrogens (tertiary/aromatic N) is 2. The first kappa shape index (κ1) is 17.6. The summed E-state index contributed by atoms with van der Waals surface area (Å²) in [4.78, 5) is 16.3. The SMILES string of the molecule is COC(=O)c1ccccc1N=Cc1cc(C)n(-c2ccc(F)cc2)c1C. The maximum Gasteiger partial charge on any atom is 0.340 e. The molecule has 0 fully saturated rings. The number of aryl methyl sites for hydroxylation is 1. The van der Waals surface area contributed by atoms with E-state index in [4.69, 9.17) is 4.74 Å². The van der Waals surface area contributed by atoms with Crippen molar-refractivity contribution >= 4 is 17.9 Å². The maximum atomic E-state index is 13.2. The second-order valence-electron chi connectivity index (χ2n) is 5.91. The minimum Gasteiger partial charge on any atom is -0.465 e. The van der Waals surface area contributed by atoms with Crippen LogP contribution >= 0.6 is 0 Å². The number of ether oxygens (including phenoxy) is 1. The van der Waals surface area contributed by atoms with E-state index in [0.29, 0.717) is 11.3 Å². The monoisotopic (exact) mass is 350 g/mol. The minimum atomic E-state index is -0.422. The zero-order chi connectivity index (χ0) is 18.7. The zero-order valence-corrected chi connectivity index (χ0v) is 14.9. The van der Waals surface area contributed by atoms with Gasteiger partial charge in [-0.05, 0) is 56.3 Å². The number of carbonyl (C=O) groups is 1. The number of aromatic nitrogens is 1. The molecule has 0 saturated heterocycles. The van der Waals surface area contributed by atoms with Gasteiger partial charge in [0, 0.05) is 28.9 Å². The van der Waals surface area contributed by atoms with Crippen LogP contribution in [0.4, 0.5) is 10.1 Å². The predicted octanol–water partition coefficient (Wildman–Crippen LogP) is 4.77. The topological polar surface area (TPSA) is 43.6 Å². The molecule has 0 amide bonds. The molecule has 5 heteroatoms. The van der Waals surface area contributed by atoms with Crippen molar-refractivity contribution in [2.45, 2.75) is 13.8 Å². The van der Waals surface area contributed by atoms with Gasteiger partial charge in [-0.25, -0.2) is 9.18 Å². The second-order valence-corrected chi connectivity index (χ2v) is 5.91. The van der Waals surface area contributed by atoms with Gasteiger partial charge in [-0.15, -0.1) is 0 Å². The first-order valence-corrected chi connectivity index (χ1v) is 8.17. The Balaban J connectivity index is 1.97. The van der Waals surface area contributed by atoms with Gasteiger partial charge in [0.25, 0.3) is 0 Å². The summed E-state index contributed by atoms with van der Waals surface area (Å²) in [5.74, 6) is -0.688. The number of carbonyl (C=O) groups excluding carboxylic acids is 1. The fourth-order valence-electron chi connectivity index (χ4n) is 2.91. The summed E-state index contributed by atoms with van der Waals surface area (Å²) in [6, 6.07) is 15.4. The normalized spacial score (nSPS) is 11.1. The lowest BCUT2D eigenvalue weighted by Crippen LogP contribution is -2.01. The Hall–Kier alpha value is -3.21. The van der Waals surface area contributed by atoms with Crippen molar-refractivity contribution in [1.29, 1.82) is 0 Å². The Morgan fingerprint density at radius 3 is 2.50 bits per heavy atom. The molecule has 0 aliphatic heterocycles. The zero-order valence-electron chi connectivity index (χ0n) is 14.9. The van der Waals surface area contributed by atoms with Crippen LogP contribution in [0.3, 0.4) is 0 Å². The molecular formula is C21H19FN2O2. The summed E-state index contributed by atoms with van der Waals surface area (Å²) in [6.07, 6.45) is 1.73. The van der Waals surface area contributed by atoms with E-state index < -0.39 is 5.97 Å². The smallest absolute Gasteiger partial charge is 0.340 e. The highest BCUT2D eigenvalue weighted by atomic mass is 19.1. The van der Waals surface area contributed by atoms with Crippen molar-refractivity contribution in [3.05, 3.63) is 82.9 Å². The summed E-state index contributed by atoms with van der Waals surface area (Å²) in [6.45, 7) is 3.96. The standard InChI is InChI=1S/C21H19FN2O2/c1-14-12-16(15(2)24(14)18-10-8-17(22)9-11-18)13-23-20-7-5-4-6-19(20)21(25)26-3/h4-13H,1-3H3. The van der Waals surface area contributed by atoms with Crippen molar-refractivity contribution in [1.82, 2.24) is 4.57 Å². The number of methoxy groups -OCH3 is 1. The fraction of sp³-hybridized carbons (Fsp3) is 0.143. The van der Waals surface area contributed by atoms with Crippen LogP contribution in [0.25, 0.3) is 5.69 Å². The molecule has 0 atom stereocenters. The van der Waals surface area contributed by atoms with Crippen molar-refractivity contribution in [3.8, 4) is 5.69 Å². The molecule has 0 aliphatic rings. The maximum absolute atomic E-state index is 13.2. The van der Waals surface area contributed by atoms with E-state index in [-0.39, 0.29) is 5.82 Å². The number of esters is 1. The van der Waals surface area contributed by atoms with E-state index in [2.05, 4.69) is 4.99 Å². The lowest BCUT2D eigenvalue weighted by Gasteiger charge is -2.09. The summed E-state index contributed by atoms with van der Waals surface area (Å²) >= 11 is 0. The molecule has 0 unspecified atom stereocenters. The van der Waals surface area contributed by atoms with E-state index in [0.717, 1.165) is 22.6 Å². The van der Waals surface area contributed by atoms with Crippen LogP contribution in [0, 0.1) is 19.7 Å². The molecule has 0 saturated carbocycles. The number of hydrogen-bond acceptors (Lipinski definition) is 3. The van der Waals surface area contributed by atoms with Crippen molar-refractivity contribution in [2.75, 3.05) is 7.11 Å². The third kappa shape index (κ3) is 3.42. The van der Waals surface area contributed by atoms with Gasteiger partial charge in [-0.1, -0.05) is 12.1 Å². The number of hydrogen-bond donors (Lipinski definition) is 0. The highest BCUT2D eigenvalue weighted by molar-refractivity contribution is 5.96. The van der Waals surface area contributed by atoms with Gasteiger partial charge in [0.1, 0.15) is 5.82 Å². The molecule has 26 heavy (non-hydrogen) atoms. The van der Waals surface area contributed by atoms with Gasteiger partial charge in [-0.3, -0.25) is 4.99 Å². The van der Waals surface area contributed by atoms with E-state index in [1.54, 1.807) is 36.5 Å². The Bertz CT molecular complexity index is 972. The van der Waals surface area contributed by atoms with E-state index in [9.17, 15) is 9.18 Å². The Morgan fingerprint density at radius 1 is 1.12 bits per heavy atom. The van der Waals surface area contributed by atoms with Gasteiger partial charge in [0.2, 0.25) is 0 Å². The van der Waals surface area contributed by atoms with Crippen LogP contribution in [-0.2, 0) is 4.74 Å². The number of para-hydroxylation sites is 1. The first-order valence-electron chi connectivity index (χ1n) is 8.17. The first-order chi connectivity index (χ1) is 12.5. The predicted molar refractivity (Wildman–Crippen MR) is 100 cm³/mol. The van der Waals surface area contributed by atoms with Crippen LogP contribution in [0.1, 0.15) is 27.3 Å². The molecule has 0 N–H and O–H groups in total. The molecule has 132 valence electrons. The van der Waals surface area contributed by atoms with Crippen molar-refractivity contribution in [3.63, 3.8) is 0 Å². The van der Waals surface area contributed by atoms with E-state index >= 15 is 0 Å². The van der Waals surface area contributed by atoms with Crippen LogP contribution in [0.5, 0.6) is 0 Å². The Kier molecular flexibility index (Phi) is 4.98. The summed E-state index contributed by atoms with van der Waals surface area (Å²) in [5, 5.41) is 0. The fourth-order valence-corrected chi connectivity index (χ4v) is 2.91. The number of halogens is 1. The van der Waals surface area contributed by atoms with E-state index in [1.807, 2.05) is 30.5 Å². The molecule has 0 spiro atoms. The highest BCUT2D eigenvalue weighted by Crippen LogP contribution is 2.23. The summed E-state index contributed by atoms with van der Waals surface area (Å²) < 4.78 is 20.0. The molecule has 0 bridgehead atoms. The third-order valence-electron chi connectivity index (χ3n) is 4.21. The van der Waals surface area contributed by atoms with Crippen LogP contribution in [0.2, 0.25) is 0 Å². The van der Waals surface area contributed by atoms with Gasteiger partial charge in [0.05, 0.1) is 18.4 Å². The number of benzene rings is 2. The molecular weight excluding hydrogens is 331 g/mol. The van der Waals surface area contributed by atoms with Crippen LogP contribution in [-0.4, -0.2) is 23.9 Å². The molecule has 1 heterocycles. The van der Waals surface area contributed by atoms with Crippen molar-refractivity contribution in [2.24, 2.45) is 4.99 Å². The molecule has 1 aromatic heterocycles. The Labute approximate surface area is 151 Å². The molecule has 0 aliphatic carbocycles. The molecule has 0 radical (unpaired) electrons. The van der Waals surface area contributed by atoms with Crippen molar-refractivity contribution < 1.29 is 13.9 Å². The molecule has 3 aromatic rings. The van der Waals surface area contributed by atoms with Gasteiger partial charge >= 0.3 is 5.97 Å². The average molecular weight is 350 g/mol. The highest BCUT2D eigenvalue weighted by Gasteiger charge is 2.12. The average Bonchev–Trinajstić information content (AvgIpc) is 2.94. The van der Waals surface area contributed by atoms with E-state index in [1.165, 1.54) is 19.2 Å². The van der Waals surface area contributed by atoms with Crippen LogP contribution in [0.15, 0.2) is 59.6 Å². The summed E-state index contributed by atoms with van der Waals surface area (Å²) in [5.41, 5.74) is 4.76. The summed E-state index contributed by atoms with van der Waals surface area (Å²) in [7, 11) is 1.35. The quantitative estimate of drug-likeness (QED) is 0.502.